The molecule has 0 bridgehead atoms. The van der Waals surface area contributed by atoms with Crippen LogP contribution in [0.4, 0.5) is 18.9 Å². The summed E-state index contributed by atoms with van der Waals surface area (Å²) in [6.45, 7) is 3.50. The van der Waals surface area contributed by atoms with Crippen LogP contribution in [0.5, 0.6) is 0 Å². The summed E-state index contributed by atoms with van der Waals surface area (Å²) < 4.78 is 37.5. The minimum atomic E-state index is -4.46. The Kier molecular flexibility index (Phi) is 5.46. The monoisotopic (exact) mass is 350 g/mol. The molecule has 0 aliphatic heterocycles. The van der Waals surface area contributed by atoms with Gasteiger partial charge in [0.1, 0.15) is 0 Å². The molecule has 132 valence electrons. The Morgan fingerprint density at radius 3 is 2.24 bits per heavy atom. The van der Waals surface area contributed by atoms with Crippen molar-refractivity contribution in [2.75, 3.05) is 11.9 Å². The summed E-state index contributed by atoms with van der Waals surface area (Å²) in [7, 11) is 0. The molecule has 0 heterocycles. The third-order valence-electron chi connectivity index (χ3n) is 3.76. The van der Waals surface area contributed by atoms with Gasteiger partial charge in [-0.15, -0.1) is 0 Å². The van der Waals surface area contributed by atoms with Crippen molar-refractivity contribution in [1.29, 1.82) is 0 Å². The second-order valence-corrected chi connectivity index (χ2v) is 5.55. The fourth-order valence-corrected chi connectivity index (χ4v) is 2.15. The predicted molar refractivity (Wildman–Crippen MR) is 88.3 cm³/mol. The van der Waals surface area contributed by atoms with Crippen LogP contribution in [0.25, 0.3) is 0 Å². The quantitative estimate of drug-likeness (QED) is 0.884. The van der Waals surface area contributed by atoms with Gasteiger partial charge in [-0.1, -0.05) is 12.1 Å². The van der Waals surface area contributed by atoms with Crippen molar-refractivity contribution in [3.8, 4) is 0 Å². The summed E-state index contributed by atoms with van der Waals surface area (Å²) >= 11 is 0. The van der Waals surface area contributed by atoms with Crippen molar-refractivity contribution in [3.63, 3.8) is 0 Å². The molecule has 0 spiro atoms. The fraction of sp³-hybridized carbons (Fsp3) is 0.222. The second kappa shape index (κ2) is 7.38. The molecule has 2 aromatic carbocycles. The molecule has 0 fully saturated rings. The van der Waals surface area contributed by atoms with E-state index >= 15 is 0 Å². The first-order chi connectivity index (χ1) is 11.7. The number of carbonyl (C=O) groups excluding carboxylic acids is 2. The molecule has 7 heteroatoms. The normalized spacial score (nSPS) is 11.1. The number of nitrogens with one attached hydrogen (secondary N) is 2. The highest BCUT2D eigenvalue weighted by Crippen LogP contribution is 2.29. The SMILES string of the molecule is Cc1cccc(NC(=O)CNC(=O)c2ccc(C(F)(F)F)cc2)c1C. The molecule has 0 saturated carbocycles. The second-order valence-electron chi connectivity index (χ2n) is 5.55. The van der Waals surface area contributed by atoms with E-state index in [0.717, 1.165) is 35.4 Å². The Hall–Kier alpha value is -2.83. The van der Waals surface area contributed by atoms with Crippen LogP contribution in [0.15, 0.2) is 42.5 Å². The number of anilines is 1. The van der Waals surface area contributed by atoms with E-state index in [-0.39, 0.29) is 12.1 Å². The fourth-order valence-electron chi connectivity index (χ4n) is 2.15. The van der Waals surface area contributed by atoms with Gasteiger partial charge < -0.3 is 10.6 Å². The van der Waals surface area contributed by atoms with E-state index in [1.807, 2.05) is 19.9 Å². The van der Waals surface area contributed by atoms with Gasteiger partial charge in [-0.25, -0.2) is 0 Å². The lowest BCUT2D eigenvalue weighted by atomic mass is 10.1. The summed E-state index contributed by atoms with van der Waals surface area (Å²) in [6.07, 6.45) is -4.46. The molecule has 0 aromatic heterocycles. The van der Waals surface area contributed by atoms with E-state index in [2.05, 4.69) is 10.6 Å². The van der Waals surface area contributed by atoms with Crippen molar-refractivity contribution >= 4 is 17.5 Å². The van der Waals surface area contributed by atoms with Gasteiger partial charge in [-0.05, 0) is 55.3 Å². The van der Waals surface area contributed by atoms with Crippen LogP contribution in [-0.4, -0.2) is 18.4 Å². The summed E-state index contributed by atoms with van der Waals surface area (Å²) in [5.74, 6) is -1.04. The zero-order chi connectivity index (χ0) is 18.6. The average molecular weight is 350 g/mol. The van der Waals surface area contributed by atoms with E-state index in [9.17, 15) is 22.8 Å². The number of hydrogen-bond donors (Lipinski definition) is 2. The highest BCUT2D eigenvalue weighted by molar-refractivity contribution is 5.99. The van der Waals surface area contributed by atoms with E-state index < -0.39 is 23.6 Å². The zero-order valence-corrected chi connectivity index (χ0v) is 13.7. The number of halogens is 3. The van der Waals surface area contributed by atoms with Gasteiger partial charge >= 0.3 is 6.18 Å². The molecule has 0 atom stereocenters. The number of carbonyl (C=O) groups is 2. The van der Waals surface area contributed by atoms with Gasteiger partial charge in [0.2, 0.25) is 5.91 Å². The van der Waals surface area contributed by atoms with Crippen LogP contribution in [-0.2, 0) is 11.0 Å². The summed E-state index contributed by atoms with van der Waals surface area (Å²) in [4.78, 5) is 23.8. The standard InChI is InChI=1S/C18H17F3N2O2/c1-11-4-3-5-15(12(11)2)23-16(24)10-22-17(25)13-6-8-14(9-7-13)18(19,20)21/h3-9H,10H2,1-2H3,(H,22,25)(H,23,24). The van der Waals surface area contributed by atoms with Gasteiger partial charge in [0.25, 0.3) is 5.91 Å². The van der Waals surface area contributed by atoms with Gasteiger partial charge in [0.15, 0.2) is 0 Å². The van der Waals surface area contributed by atoms with Crippen LogP contribution in [0.3, 0.4) is 0 Å². The summed E-state index contributed by atoms with van der Waals surface area (Å²) in [5, 5.41) is 5.06. The molecule has 2 aromatic rings. The molecule has 0 aliphatic carbocycles. The van der Waals surface area contributed by atoms with Crippen molar-refractivity contribution in [2.24, 2.45) is 0 Å². The van der Waals surface area contributed by atoms with Crippen LogP contribution in [0.1, 0.15) is 27.0 Å². The molecular weight excluding hydrogens is 333 g/mol. The highest BCUT2D eigenvalue weighted by Gasteiger charge is 2.30. The number of aryl methyl sites for hydroxylation is 1. The van der Waals surface area contributed by atoms with Crippen molar-refractivity contribution in [1.82, 2.24) is 5.32 Å². The molecule has 25 heavy (non-hydrogen) atoms. The largest absolute Gasteiger partial charge is 0.416 e. The smallest absolute Gasteiger partial charge is 0.343 e. The van der Waals surface area contributed by atoms with Crippen molar-refractivity contribution in [3.05, 3.63) is 64.7 Å². The van der Waals surface area contributed by atoms with Crippen LogP contribution >= 0.6 is 0 Å². The van der Waals surface area contributed by atoms with Crippen molar-refractivity contribution in [2.45, 2.75) is 20.0 Å². The van der Waals surface area contributed by atoms with Gasteiger partial charge in [-0.3, -0.25) is 9.59 Å². The Labute approximate surface area is 143 Å². The molecule has 2 rings (SSSR count). The Morgan fingerprint density at radius 1 is 1.00 bits per heavy atom. The molecule has 2 amide bonds. The third-order valence-corrected chi connectivity index (χ3v) is 3.76. The minimum Gasteiger partial charge on any atom is -0.343 e. The molecule has 0 radical (unpaired) electrons. The van der Waals surface area contributed by atoms with Gasteiger partial charge in [0.05, 0.1) is 12.1 Å². The third kappa shape index (κ3) is 4.82. The molecule has 0 saturated heterocycles. The van der Waals surface area contributed by atoms with Crippen LogP contribution in [0, 0.1) is 13.8 Å². The van der Waals surface area contributed by atoms with Crippen molar-refractivity contribution < 1.29 is 22.8 Å². The first-order valence-electron chi connectivity index (χ1n) is 7.50. The van der Waals surface area contributed by atoms with E-state index in [4.69, 9.17) is 0 Å². The number of hydrogen-bond acceptors (Lipinski definition) is 2. The molecular formula is C18H17F3N2O2. The number of alkyl halides is 3. The first kappa shape index (κ1) is 18.5. The van der Waals surface area contributed by atoms with Crippen LogP contribution in [0.2, 0.25) is 0 Å². The maximum Gasteiger partial charge on any atom is 0.416 e. The van der Waals surface area contributed by atoms with Gasteiger partial charge in [0, 0.05) is 11.3 Å². The lowest BCUT2D eigenvalue weighted by Gasteiger charge is -2.11. The predicted octanol–water partition coefficient (Wildman–Crippen LogP) is 3.69. The number of benzene rings is 2. The lowest BCUT2D eigenvalue weighted by Crippen LogP contribution is -2.33. The highest BCUT2D eigenvalue weighted by atomic mass is 19.4. The van der Waals surface area contributed by atoms with Gasteiger partial charge in [-0.2, -0.15) is 13.2 Å². The first-order valence-corrected chi connectivity index (χ1v) is 7.50. The van der Waals surface area contributed by atoms with E-state index in [0.29, 0.717) is 5.69 Å². The molecule has 4 nitrogen and oxygen atoms in total. The minimum absolute atomic E-state index is 0.0486. The van der Waals surface area contributed by atoms with E-state index in [1.54, 1.807) is 12.1 Å². The Morgan fingerprint density at radius 2 is 1.64 bits per heavy atom. The van der Waals surface area contributed by atoms with E-state index in [1.165, 1.54) is 0 Å². The number of amides is 2. The Balaban J connectivity index is 1.93. The topological polar surface area (TPSA) is 58.2 Å². The molecule has 0 unspecified atom stereocenters. The summed E-state index contributed by atoms with van der Waals surface area (Å²) in [6, 6.07) is 9.26. The number of rotatable bonds is 4. The van der Waals surface area contributed by atoms with Crippen LogP contribution < -0.4 is 10.6 Å². The lowest BCUT2D eigenvalue weighted by molar-refractivity contribution is -0.137. The maximum atomic E-state index is 12.5. The zero-order valence-electron chi connectivity index (χ0n) is 13.7. The molecule has 2 N–H and O–H groups in total. The maximum absolute atomic E-state index is 12.5. The summed E-state index contributed by atoms with van der Waals surface area (Å²) in [5.41, 5.74) is 1.80. The Bertz CT molecular complexity index is 784. The average Bonchev–Trinajstić information content (AvgIpc) is 2.56. The molecule has 0 aliphatic rings.